The lowest BCUT2D eigenvalue weighted by Crippen LogP contribution is -2.11. The van der Waals surface area contributed by atoms with E-state index < -0.39 is 0 Å². The Morgan fingerprint density at radius 2 is 2.05 bits per heavy atom. The largest absolute Gasteiger partial charge is 0.460 e. The summed E-state index contributed by atoms with van der Waals surface area (Å²) in [5, 5.41) is 4.25. The van der Waals surface area contributed by atoms with Crippen LogP contribution < -0.4 is 0 Å². The second-order valence-electron chi connectivity index (χ2n) is 4.97. The number of esters is 1. The Bertz CT molecular complexity index is 618. The van der Waals surface area contributed by atoms with Crippen LogP contribution in [0.4, 0.5) is 0 Å². The summed E-state index contributed by atoms with van der Waals surface area (Å²) in [6, 6.07) is 9.77. The molecule has 1 aromatic heterocycles. The smallest absolute Gasteiger partial charge is 0.330 e. The highest BCUT2D eigenvalue weighted by atomic mass is 16.6. The van der Waals surface area contributed by atoms with Gasteiger partial charge >= 0.3 is 5.97 Å². The van der Waals surface area contributed by atoms with Crippen LogP contribution in [0.1, 0.15) is 19.4 Å². The normalized spacial score (nSPS) is 11.2. The summed E-state index contributed by atoms with van der Waals surface area (Å²) in [7, 11) is 0. The second kappa shape index (κ2) is 8.14. The Morgan fingerprint density at radius 1 is 1.27 bits per heavy atom. The van der Waals surface area contributed by atoms with Gasteiger partial charge in [-0.3, -0.25) is 0 Å². The molecule has 5 heteroatoms. The lowest BCUT2D eigenvalue weighted by atomic mass is 10.3. The third kappa shape index (κ3) is 5.18. The zero-order valence-corrected chi connectivity index (χ0v) is 12.8. The first kappa shape index (κ1) is 16.0. The molecule has 1 heterocycles. The maximum Gasteiger partial charge on any atom is 0.330 e. The predicted molar refractivity (Wildman–Crippen MR) is 84.6 cm³/mol. The Labute approximate surface area is 130 Å². The molecule has 0 aliphatic heterocycles. The third-order valence-corrected chi connectivity index (χ3v) is 2.81. The highest BCUT2D eigenvalue weighted by Crippen LogP contribution is 2.08. The zero-order valence-electron chi connectivity index (χ0n) is 12.8. The number of benzene rings is 1. The van der Waals surface area contributed by atoms with Gasteiger partial charge in [-0.2, -0.15) is 5.10 Å². The summed E-state index contributed by atoms with van der Waals surface area (Å²) < 4.78 is 12.1. The molecule has 0 unspecified atom stereocenters. The molecule has 0 N–H and O–H groups in total. The van der Waals surface area contributed by atoms with Crippen molar-refractivity contribution in [3.05, 3.63) is 54.4 Å². The summed E-state index contributed by atoms with van der Waals surface area (Å²) in [6.45, 7) is 4.53. The van der Waals surface area contributed by atoms with E-state index in [2.05, 4.69) is 5.10 Å². The summed E-state index contributed by atoms with van der Waals surface area (Å²) in [5.41, 5.74) is 1.80. The Morgan fingerprint density at radius 3 is 2.77 bits per heavy atom. The maximum absolute atomic E-state index is 11.5. The van der Waals surface area contributed by atoms with E-state index >= 15 is 0 Å². The topological polar surface area (TPSA) is 53.4 Å². The van der Waals surface area contributed by atoms with Crippen molar-refractivity contribution < 1.29 is 14.3 Å². The summed E-state index contributed by atoms with van der Waals surface area (Å²) in [6.07, 6.45) is 6.75. The highest BCUT2D eigenvalue weighted by molar-refractivity contribution is 5.86. The van der Waals surface area contributed by atoms with Crippen LogP contribution in [0.15, 0.2) is 48.8 Å². The van der Waals surface area contributed by atoms with Gasteiger partial charge in [0.25, 0.3) is 0 Å². The van der Waals surface area contributed by atoms with E-state index in [0.29, 0.717) is 6.61 Å². The Hall–Kier alpha value is -2.40. The van der Waals surface area contributed by atoms with Crippen LogP contribution in [0, 0.1) is 0 Å². The molecule has 0 fully saturated rings. The molecule has 0 bridgehead atoms. The molecule has 0 saturated heterocycles. The van der Waals surface area contributed by atoms with Crippen molar-refractivity contribution in [2.24, 2.45) is 0 Å². The molecule has 0 aliphatic carbocycles. The monoisotopic (exact) mass is 300 g/mol. The van der Waals surface area contributed by atoms with Gasteiger partial charge in [-0.25, -0.2) is 9.48 Å². The molecule has 0 amide bonds. The van der Waals surface area contributed by atoms with Gasteiger partial charge in [-0.15, -0.1) is 0 Å². The lowest BCUT2D eigenvalue weighted by Gasteiger charge is -2.06. The van der Waals surface area contributed by atoms with E-state index in [4.69, 9.17) is 9.47 Å². The van der Waals surface area contributed by atoms with Crippen molar-refractivity contribution in [2.75, 3.05) is 13.2 Å². The van der Waals surface area contributed by atoms with Crippen molar-refractivity contribution in [3.8, 4) is 5.69 Å². The second-order valence-corrected chi connectivity index (χ2v) is 4.97. The maximum atomic E-state index is 11.5. The molecule has 5 nitrogen and oxygen atoms in total. The number of nitrogens with zero attached hydrogens (tertiary/aromatic N) is 2. The SMILES string of the molecule is CC(C)OCCOC(=O)/C=C/c1cnn(-c2ccccc2)c1. The van der Waals surface area contributed by atoms with Crippen LogP contribution in [0.2, 0.25) is 0 Å². The van der Waals surface area contributed by atoms with Gasteiger partial charge in [-0.05, 0) is 32.1 Å². The standard InChI is InChI=1S/C17H20N2O3/c1-14(2)21-10-11-22-17(20)9-8-15-12-18-19(13-15)16-6-4-3-5-7-16/h3-9,12-14H,10-11H2,1-2H3/b9-8+. The number of aromatic nitrogens is 2. The van der Waals surface area contributed by atoms with E-state index in [-0.39, 0.29) is 18.7 Å². The van der Waals surface area contributed by atoms with Gasteiger partial charge in [0.05, 0.1) is 24.6 Å². The number of rotatable bonds is 7. The molecule has 116 valence electrons. The van der Waals surface area contributed by atoms with Gasteiger partial charge < -0.3 is 9.47 Å². The zero-order chi connectivity index (χ0) is 15.8. The number of hydrogen-bond acceptors (Lipinski definition) is 4. The van der Waals surface area contributed by atoms with Crippen LogP contribution >= 0.6 is 0 Å². The number of ether oxygens (including phenoxy) is 2. The molecular formula is C17H20N2O3. The molecule has 0 saturated carbocycles. The fourth-order valence-corrected chi connectivity index (χ4v) is 1.78. The molecule has 0 radical (unpaired) electrons. The molecule has 0 atom stereocenters. The molecule has 0 spiro atoms. The molecular weight excluding hydrogens is 280 g/mol. The van der Waals surface area contributed by atoms with E-state index in [0.717, 1.165) is 11.3 Å². The van der Waals surface area contributed by atoms with Crippen molar-refractivity contribution in [2.45, 2.75) is 20.0 Å². The van der Waals surface area contributed by atoms with Gasteiger partial charge in [0.1, 0.15) is 6.61 Å². The van der Waals surface area contributed by atoms with Crippen molar-refractivity contribution in [1.82, 2.24) is 9.78 Å². The highest BCUT2D eigenvalue weighted by Gasteiger charge is 2.01. The fraction of sp³-hybridized carbons (Fsp3) is 0.294. The van der Waals surface area contributed by atoms with E-state index in [1.165, 1.54) is 6.08 Å². The minimum absolute atomic E-state index is 0.137. The van der Waals surface area contributed by atoms with Gasteiger partial charge in [0.2, 0.25) is 0 Å². The number of carbonyl (C=O) groups excluding carboxylic acids is 1. The Balaban J connectivity index is 1.83. The van der Waals surface area contributed by atoms with Crippen LogP contribution in [0.5, 0.6) is 0 Å². The summed E-state index contributed by atoms with van der Waals surface area (Å²) >= 11 is 0. The van der Waals surface area contributed by atoms with Crippen LogP contribution in [0.3, 0.4) is 0 Å². The first-order valence-corrected chi connectivity index (χ1v) is 7.21. The quantitative estimate of drug-likeness (QED) is 0.448. The van der Waals surface area contributed by atoms with Crippen LogP contribution in [-0.4, -0.2) is 35.1 Å². The first-order valence-electron chi connectivity index (χ1n) is 7.21. The van der Waals surface area contributed by atoms with Gasteiger partial charge in [0, 0.05) is 17.8 Å². The molecule has 2 aromatic rings. The minimum atomic E-state index is -0.389. The van der Waals surface area contributed by atoms with Crippen molar-refractivity contribution >= 4 is 12.0 Å². The third-order valence-electron chi connectivity index (χ3n) is 2.81. The summed E-state index contributed by atoms with van der Waals surface area (Å²) in [4.78, 5) is 11.5. The average molecular weight is 300 g/mol. The average Bonchev–Trinajstić information content (AvgIpc) is 2.99. The molecule has 0 aliphatic rings. The van der Waals surface area contributed by atoms with Crippen molar-refractivity contribution in [1.29, 1.82) is 0 Å². The molecule has 2 rings (SSSR count). The fourth-order valence-electron chi connectivity index (χ4n) is 1.78. The van der Waals surface area contributed by atoms with E-state index in [9.17, 15) is 4.79 Å². The van der Waals surface area contributed by atoms with Crippen LogP contribution in [0.25, 0.3) is 11.8 Å². The molecule has 22 heavy (non-hydrogen) atoms. The lowest BCUT2D eigenvalue weighted by molar-refractivity contribution is -0.139. The van der Waals surface area contributed by atoms with Crippen LogP contribution in [-0.2, 0) is 14.3 Å². The summed E-state index contributed by atoms with van der Waals surface area (Å²) in [5.74, 6) is -0.389. The van der Waals surface area contributed by atoms with Crippen molar-refractivity contribution in [3.63, 3.8) is 0 Å². The molecule has 1 aromatic carbocycles. The van der Waals surface area contributed by atoms with Gasteiger partial charge in [-0.1, -0.05) is 18.2 Å². The number of para-hydroxylation sites is 1. The Kier molecular flexibility index (Phi) is 5.91. The van der Waals surface area contributed by atoms with E-state index in [1.54, 1.807) is 17.0 Å². The van der Waals surface area contributed by atoms with E-state index in [1.807, 2.05) is 50.4 Å². The number of hydrogen-bond donors (Lipinski definition) is 0. The van der Waals surface area contributed by atoms with Gasteiger partial charge in [0.15, 0.2) is 0 Å². The minimum Gasteiger partial charge on any atom is -0.460 e. The number of carbonyl (C=O) groups is 1. The first-order chi connectivity index (χ1) is 10.6. The predicted octanol–water partition coefficient (Wildman–Crippen LogP) is 2.85.